The molecule has 0 bridgehead atoms. The van der Waals surface area contributed by atoms with E-state index in [4.69, 9.17) is 0 Å². The SMILES string of the molecule is CC(C)CC(C(=O)NN1C(=O)CN(CCN(C)C)C1=O)[C@@H](CCCc1ccccc1)C(=O)O. The largest absolute Gasteiger partial charge is 0.481 e. The summed E-state index contributed by atoms with van der Waals surface area (Å²) >= 11 is 0. The second-order valence-electron chi connectivity index (χ2n) is 9.27. The number of hydrazine groups is 1. The lowest BCUT2D eigenvalue weighted by Crippen LogP contribution is -2.51. The van der Waals surface area contributed by atoms with Crippen LogP contribution >= 0.6 is 0 Å². The first-order chi connectivity index (χ1) is 15.6. The van der Waals surface area contributed by atoms with Gasteiger partial charge in [-0.25, -0.2) is 4.79 Å². The van der Waals surface area contributed by atoms with Crippen LogP contribution in [0.2, 0.25) is 0 Å². The predicted octanol–water partition coefficient (Wildman–Crippen LogP) is 2.23. The van der Waals surface area contributed by atoms with Gasteiger partial charge in [0.15, 0.2) is 0 Å². The molecule has 2 rings (SSSR count). The first-order valence-electron chi connectivity index (χ1n) is 11.4. The van der Waals surface area contributed by atoms with Gasteiger partial charge >= 0.3 is 12.0 Å². The zero-order valence-electron chi connectivity index (χ0n) is 20.0. The molecule has 0 spiro atoms. The average molecular weight is 461 g/mol. The third-order valence-electron chi connectivity index (χ3n) is 5.76. The van der Waals surface area contributed by atoms with Crippen molar-refractivity contribution in [1.82, 2.24) is 20.2 Å². The minimum atomic E-state index is -1.05. The molecule has 4 amide bonds. The molecule has 2 N–H and O–H groups in total. The van der Waals surface area contributed by atoms with Gasteiger partial charge in [0.1, 0.15) is 6.54 Å². The number of hydrogen-bond donors (Lipinski definition) is 2. The Morgan fingerprint density at radius 3 is 2.36 bits per heavy atom. The summed E-state index contributed by atoms with van der Waals surface area (Å²) in [6.45, 7) is 4.66. The van der Waals surface area contributed by atoms with Crippen molar-refractivity contribution in [2.24, 2.45) is 17.8 Å². The van der Waals surface area contributed by atoms with E-state index in [1.165, 1.54) is 4.90 Å². The first kappa shape index (κ1) is 26.3. The number of benzene rings is 1. The van der Waals surface area contributed by atoms with Gasteiger partial charge in [0.25, 0.3) is 5.91 Å². The van der Waals surface area contributed by atoms with E-state index in [0.717, 1.165) is 10.6 Å². The van der Waals surface area contributed by atoms with Gasteiger partial charge < -0.3 is 14.9 Å². The van der Waals surface area contributed by atoms with Crippen LogP contribution in [0.15, 0.2) is 30.3 Å². The number of amides is 4. The normalized spacial score (nSPS) is 15.9. The summed E-state index contributed by atoms with van der Waals surface area (Å²) in [7, 11) is 3.73. The third kappa shape index (κ3) is 7.85. The van der Waals surface area contributed by atoms with E-state index in [-0.39, 0.29) is 12.5 Å². The van der Waals surface area contributed by atoms with Gasteiger partial charge in [0.05, 0.1) is 11.8 Å². The van der Waals surface area contributed by atoms with Gasteiger partial charge in [-0.3, -0.25) is 19.8 Å². The Kier molecular flexibility index (Phi) is 9.84. The number of aliphatic carboxylic acids is 1. The van der Waals surface area contributed by atoms with Crippen molar-refractivity contribution in [2.75, 3.05) is 33.7 Å². The lowest BCUT2D eigenvalue weighted by Gasteiger charge is -2.27. The monoisotopic (exact) mass is 460 g/mol. The fraction of sp³-hybridized carbons (Fsp3) is 0.583. The van der Waals surface area contributed by atoms with E-state index in [2.05, 4.69) is 5.43 Å². The number of carbonyl (C=O) groups excluding carboxylic acids is 3. The molecule has 1 heterocycles. The lowest BCUT2D eigenvalue weighted by atomic mass is 9.81. The number of carboxylic acids is 1. The van der Waals surface area contributed by atoms with Crippen LogP contribution in [0.3, 0.4) is 0 Å². The summed E-state index contributed by atoms with van der Waals surface area (Å²) in [5.74, 6) is -3.87. The summed E-state index contributed by atoms with van der Waals surface area (Å²) in [6, 6.07) is 9.18. The van der Waals surface area contributed by atoms with Crippen molar-refractivity contribution in [3.8, 4) is 0 Å². The number of aryl methyl sites for hydroxylation is 1. The standard InChI is InChI=1S/C24H36N4O5/c1-17(2)15-20(19(23(31)32)12-8-11-18-9-6-5-7-10-18)22(30)25-28-21(29)16-27(24(28)33)14-13-26(3)4/h5-7,9-10,17,19-20H,8,11-16H2,1-4H3,(H,25,30)(H,31,32)/t19-,20?/m1/s1. The van der Waals surface area contributed by atoms with Crippen LogP contribution in [0.25, 0.3) is 0 Å². The lowest BCUT2D eigenvalue weighted by molar-refractivity contribution is -0.149. The minimum absolute atomic E-state index is 0.0679. The van der Waals surface area contributed by atoms with Crippen LogP contribution < -0.4 is 5.43 Å². The molecular weight excluding hydrogens is 424 g/mol. The molecular formula is C24H36N4O5. The highest BCUT2D eigenvalue weighted by atomic mass is 16.4. The fourth-order valence-corrected chi connectivity index (χ4v) is 3.98. The number of carboxylic acid groups (broad SMARTS) is 1. The van der Waals surface area contributed by atoms with Crippen LogP contribution in [0.1, 0.15) is 38.7 Å². The molecule has 1 saturated heterocycles. The van der Waals surface area contributed by atoms with Gasteiger partial charge in [-0.15, -0.1) is 0 Å². The number of nitrogens with one attached hydrogen (secondary N) is 1. The Bertz CT molecular complexity index is 827. The van der Waals surface area contributed by atoms with Crippen molar-refractivity contribution in [2.45, 2.75) is 39.5 Å². The second-order valence-corrected chi connectivity index (χ2v) is 9.27. The molecule has 0 aliphatic carbocycles. The van der Waals surface area contributed by atoms with Gasteiger partial charge in [-0.2, -0.15) is 5.01 Å². The van der Waals surface area contributed by atoms with Crippen molar-refractivity contribution < 1.29 is 24.3 Å². The van der Waals surface area contributed by atoms with Crippen LogP contribution in [-0.2, 0) is 20.8 Å². The molecule has 1 aliphatic heterocycles. The predicted molar refractivity (Wildman–Crippen MR) is 124 cm³/mol. The Labute approximate surface area is 195 Å². The smallest absolute Gasteiger partial charge is 0.346 e. The molecule has 182 valence electrons. The molecule has 9 heteroatoms. The molecule has 1 aliphatic rings. The maximum absolute atomic E-state index is 13.1. The second kappa shape index (κ2) is 12.3. The number of carbonyl (C=O) groups is 4. The maximum Gasteiger partial charge on any atom is 0.346 e. The molecule has 0 aromatic heterocycles. The van der Waals surface area contributed by atoms with Gasteiger partial charge in [0, 0.05) is 13.1 Å². The van der Waals surface area contributed by atoms with E-state index >= 15 is 0 Å². The Morgan fingerprint density at radius 2 is 1.79 bits per heavy atom. The number of rotatable bonds is 13. The molecule has 1 aromatic carbocycles. The van der Waals surface area contributed by atoms with E-state index in [1.54, 1.807) is 0 Å². The van der Waals surface area contributed by atoms with Crippen molar-refractivity contribution in [1.29, 1.82) is 0 Å². The average Bonchev–Trinajstić information content (AvgIpc) is 3.01. The van der Waals surface area contributed by atoms with Gasteiger partial charge in [-0.1, -0.05) is 44.2 Å². The van der Waals surface area contributed by atoms with E-state index in [0.29, 0.717) is 38.8 Å². The highest BCUT2D eigenvalue weighted by molar-refractivity contribution is 6.03. The van der Waals surface area contributed by atoms with Gasteiger partial charge in [0.2, 0.25) is 5.91 Å². The summed E-state index contributed by atoms with van der Waals surface area (Å²) < 4.78 is 0. The van der Waals surface area contributed by atoms with Crippen LogP contribution in [0.5, 0.6) is 0 Å². The number of likely N-dealkylation sites (N-methyl/N-ethyl adjacent to an activating group) is 1. The summed E-state index contributed by atoms with van der Waals surface area (Å²) in [6.07, 6.45) is 1.99. The van der Waals surface area contributed by atoms with E-state index in [9.17, 15) is 24.3 Å². The maximum atomic E-state index is 13.1. The summed E-state index contributed by atoms with van der Waals surface area (Å²) in [5, 5.41) is 10.6. The van der Waals surface area contributed by atoms with Crippen molar-refractivity contribution >= 4 is 23.8 Å². The number of urea groups is 1. The topological polar surface area (TPSA) is 110 Å². The molecule has 33 heavy (non-hydrogen) atoms. The minimum Gasteiger partial charge on any atom is -0.481 e. The number of hydrogen-bond acceptors (Lipinski definition) is 5. The number of imide groups is 1. The van der Waals surface area contributed by atoms with Crippen LogP contribution in [0, 0.1) is 17.8 Å². The zero-order valence-corrected chi connectivity index (χ0v) is 20.0. The highest BCUT2D eigenvalue weighted by Gasteiger charge is 2.40. The summed E-state index contributed by atoms with van der Waals surface area (Å²) in [5.41, 5.74) is 3.53. The molecule has 0 radical (unpaired) electrons. The van der Waals surface area contributed by atoms with E-state index < -0.39 is 35.7 Å². The van der Waals surface area contributed by atoms with Crippen molar-refractivity contribution in [3.05, 3.63) is 35.9 Å². The van der Waals surface area contributed by atoms with Crippen molar-refractivity contribution in [3.63, 3.8) is 0 Å². The Balaban J connectivity index is 2.07. The molecule has 1 fully saturated rings. The number of nitrogens with zero attached hydrogens (tertiary/aromatic N) is 3. The summed E-state index contributed by atoms with van der Waals surface area (Å²) in [4.78, 5) is 53.5. The first-order valence-corrected chi connectivity index (χ1v) is 11.4. The van der Waals surface area contributed by atoms with Gasteiger partial charge in [-0.05, 0) is 51.3 Å². The van der Waals surface area contributed by atoms with Crippen LogP contribution in [0.4, 0.5) is 4.79 Å². The molecule has 0 saturated carbocycles. The zero-order chi connectivity index (χ0) is 24.5. The third-order valence-corrected chi connectivity index (χ3v) is 5.76. The molecule has 9 nitrogen and oxygen atoms in total. The Morgan fingerprint density at radius 1 is 1.12 bits per heavy atom. The molecule has 2 atom stereocenters. The van der Waals surface area contributed by atoms with E-state index in [1.807, 2.05) is 63.2 Å². The fourth-order valence-electron chi connectivity index (χ4n) is 3.98. The van der Waals surface area contributed by atoms with Crippen LogP contribution in [-0.4, -0.2) is 77.5 Å². The quantitative estimate of drug-likeness (QED) is 0.437. The highest BCUT2D eigenvalue weighted by Crippen LogP contribution is 2.27. The molecule has 1 aromatic rings. The Hall–Kier alpha value is -2.94. The molecule has 1 unspecified atom stereocenters.